The highest BCUT2D eigenvalue weighted by atomic mass is 16.3. The molecule has 0 radical (unpaired) electrons. The minimum atomic E-state index is -0.341. The van der Waals surface area contributed by atoms with Crippen molar-refractivity contribution in [3.05, 3.63) is 23.7 Å². The maximum atomic E-state index is 11.5. The Morgan fingerprint density at radius 1 is 1.47 bits per heavy atom. The zero-order valence-electron chi connectivity index (χ0n) is 9.16. The van der Waals surface area contributed by atoms with Crippen molar-refractivity contribution in [3.63, 3.8) is 0 Å². The Balaban J connectivity index is 2.51. The molecule has 0 bridgehead atoms. The van der Waals surface area contributed by atoms with E-state index < -0.39 is 0 Å². The first-order valence-electron chi connectivity index (χ1n) is 4.87. The van der Waals surface area contributed by atoms with E-state index >= 15 is 0 Å². The summed E-state index contributed by atoms with van der Waals surface area (Å²) in [7, 11) is 0. The molecule has 15 heavy (non-hydrogen) atoms. The molecule has 82 valence electrons. The number of Topliss-reactive ketones (excluding diaryl/α,β-unsaturated/α-hetero) is 1. The van der Waals surface area contributed by atoms with E-state index in [0.29, 0.717) is 0 Å². The van der Waals surface area contributed by atoms with Gasteiger partial charge in [0.05, 0.1) is 12.8 Å². The second kappa shape index (κ2) is 4.77. The van der Waals surface area contributed by atoms with Crippen molar-refractivity contribution in [3.8, 4) is 0 Å². The largest absolute Gasteiger partial charge is 0.459 e. The summed E-state index contributed by atoms with van der Waals surface area (Å²) in [5.74, 6) is -0.131. The molecule has 0 fully saturated rings. The Kier molecular flexibility index (Phi) is 3.66. The molecule has 0 unspecified atom stereocenters. The third-order valence-corrected chi connectivity index (χ3v) is 2.14. The van der Waals surface area contributed by atoms with Crippen molar-refractivity contribution in [2.45, 2.75) is 20.8 Å². The van der Waals surface area contributed by atoms with Crippen LogP contribution in [0, 0.1) is 12.8 Å². The molecule has 0 spiro atoms. The lowest BCUT2D eigenvalue weighted by molar-refractivity contribution is -0.120. The number of hydrogen-bond acceptors (Lipinski definition) is 3. The summed E-state index contributed by atoms with van der Waals surface area (Å²) in [6.45, 7) is 5.43. The van der Waals surface area contributed by atoms with Gasteiger partial charge in [-0.1, -0.05) is 13.8 Å². The number of amides is 1. The van der Waals surface area contributed by atoms with Crippen molar-refractivity contribution in [2.75, 3.05) is 6.54 Å². The van der Waals surface area contributed by atoms with Gasteiger partial charge in [-0.15, -0.1) is 0 Å². The van der Waals surface area contributed by atoms with Gasteiger partial charge in [-0.2, -0.15) is 0 Å². The molecule has 0 aliphatic rings. The highest BCUT2D eigenvalue weighted by Gasteiger charge is 2.14. The van der Waals surface area contributed by atoms with Gasteiger partial charge in [0.2, 0.25) is 0 Å². The first-order valence-corrected chi connectivity index (χ1v) is 4.87. The fourth-order valence-corrected chi connectivity index (χ4v) is 1.06. The first kappa shape index (κ1) is 11.5. The number of ketones is 1. The number of carbonyl (C=O) groups is 2. The topological polar surface area (TPSA) is 59.3 Å². The number of furan rings is 1. The van der Waals surface area contributed by atoms with E-state index in [1.165, 1.54) is 6.26 Å². The Morgan fingerprint density at radius 3 is 2.60 bits per heavy atom. The number of nitrogens with one attached hydrogen (secondary N) is 1. The molecular weight excluding hydrogens is 194 g/mol. The van der Waals surface area contributed by atoms with Crippen LogP contribution in [-0.4, -0.2) is 18.2 Å². The SMILES string of the molecule is Cc1ccoc1C(=O)NCC(=O)C(C)C. The van der Waals surface area contributed by atoms with Gasteiger partial charge in [0.15, 0.2) is 11.5 Å². The van der Waals surface area contributed by atoms with Crippen LogP contribution < -0.4 is 5.32 Å². The summed E-state index contributed by atoms with van der Waals surface area (Å²) in [6, 6.07) is 1.71. The standard InChI is InChI=1S/C11H15NO3/c1-7(2)9(13)6-12-11(14)10-8(3)4-5-15-10/h4-5,7H,6H2,1-3H3,(H,12,14). The molecular formula is C11H15NO3. The fraction of sp³-hybridized carbons (Fsp3) is 0.455. The number of rotatable bonds is 4. The van der Waals surface area contributed by atoms with Gasteiger partial charge in [0, 0.05) is 11.5 Å². The number of aryl methyl sites for hydroxylation is 1. The highest BCUT2D eigenvalue weighted by molar-refractivity contribution is 5.95. The van der Waals surface area contributed by atoms with Crippen LogP contribution in [0.25, 0.3) is 0 Å². The summed E-state index contributed by atoms with van der Waals surface area (Å²) in [5.41, 5.74) is 0.768. The third kappa shape index (κ3) is 2.94. The molecule has 1 heterocycles. The van der Waals surface area contributed by atoms with Gasteiger partial charge in [0.25, 0.3) is 5.91 Å². The van der Waals surface area contributed by atoms with Crippen LogP contribution in [0.4, 0.5) is 0 Å². The zero-order chi connectivity index (χ0) is 11.4. The quantitative estimate of drug-likeness (QED) is 0.818. The molecule has 4 nitrogen and oxygen atoms in total. The lowest BCUT2D eigenvalue weighted by Gasteiger charge is -2.05. The molecule has 0 aromatic carbocycles. The van der Waals surface area contributed by atoms with Crippen molar-refractivity contribution in [1.29, 1.82) is 0 Å². The third-order valence-electron chi connectivity index (χ3n) is 2.14. The van der Waals surface area contributed by atoms with Crippen molar-refractivity contribution >= 4 is 11.7 Å². The van der Waals surface area contributed by atoms with Crippen LogP contribution in [-0.2, 0) is 4.79 Å². The predicted molar refractivity (Wildman–Crippen MR) is 55.6 cm³/mol. The van der Waals surface area contributed by atoms with Crippen molar-refractivity contribution in [1.82, 2.24) is 5.32 Å². The molecule has 4 heteroatoms. The molecule has 0 aliphatic carbocycles. The van der Waals surface area contributed by atoms with Crippen molar-refractivity contribution < 1.29 is 14.0 Å². The minimum Gasteiger partial charge on any atom is -0.459 e. The summed E-state index contributed by atoms with van der Waals surface area (Å²) in [4.78, 5) is 22.8. The van der Waals surface area contributed by atoms with Gasteiger partial charge < -0.3 is 9.73 Å². The normalized spacial score (nSPS) is 10.4. The van der Waals surface area contributed by atoms with Crippen LogP contribution in [0.5, 0.6) is 0 Å². The molecule has 0 atom stereocenters. The summed E-state index contributed by atoms with van der Waals surface area (Å²) in [5, 5.41) is 2.52. The molecule has 0 aliphatic heterocycles. The summed E-state index contributed by atoms with van der Waals surface area (Å²) < 4.78 is 5.00. The van der Waals surface area contributed by atoms with Crippen molar-refractivity contribution in [2.24, 2.45) is 5.92 Å². The summed E-state index contributed by atoms with van der Waals surface area (Å²) in [6.07, 6.45) is 1.45. The van der Waals surface area contributed by atoms with Gasteiger partial charge >= 0.3 is 0 Å². The maximum absolute atomic E-state index is 11.5. The molecule has 0 saturated heterocycles. The van der Waals surface area contributed by atoms with Gasteiger partial charge in [0.1, 0.15) is 0 Å². The zero-order valence-corrected chi connectivity index (χ0v) is 9.16. The Hall–Kier alpha value is -1.58. The van der Waals surface area contributed by atoms with Gasteiger partial charge in [-0.25, -0.2) is 0 Å². The molecule has 0 saturated carbocycles. The van der Waals surface area contributed by atoms with Crippen LogP contribution >= 0.6 is 0 Å². The average molecular weight is 209 g/mol. The molecule has 1 rings (SSSR count). The van der Waals surface area contributed by atoms with Gasteiger partial charge in [-0.05, 0) is 13.0 Å². The van der Waals surface area contributed by atoms with E-state index in [4.69, 9.17) is 4.42 Å². The molecule has 1 N–H and O–H groups in total. The monoisotopic (exact) mass is 209 g/mol. The van der Waals surface area contributed by atoms with E-state index in [9.17, 15) is 9.59 Å². The Bertz CT molecular complexity index is 366. The predicted octanol–water partition coefficient (Wildman–Crippen LogP) is 1.54. The van der Waals surface area contributed by atoms with E-state index in [-0.39, 0.29) is 29.9 Å². The molecule has 1 aromatic rings. The summed E-state index contributed by atoms with van der Waals surface area (Å²) >= 11 is 0. The minimum absolute atomic E-state index is 0.00700. The lowest BCUT2D eigenvalue weighted by atomic mass is 10.1. The average Bonchev–Trinajstić information content (AvgIpc) is 2.60. The second-order valence-corrected chi connectivity index (χ2v) is 3.74. The molecule has 1 amide bonds. The first-order chi connectivity index (χ1) is 7.02. The van der Waals surface area contributed by atoms with Gasteiger partial charge in [-0.3, -0.25) is 9.59 Å². The van der Waals surface area contributed by atoms with E-state index in [1.807, 2.05) is 0 Å². The van der Waals surface area contributed by atoms with E-state index in [0.717, 1.165) is 5.56 Å². The fourth-order valence-electron chi connectivity index (χ4n) is 1.06. The van der Waals surface area contributed by atoms with Crippen LogP contribution in [0.1, 0.15) is 30.0 Å². The van der Waals surface area contributed by atoms with Crippen LogP contribution in [0.15, 0.2) is 16.7 Å². The Labute approximate surface area is 88.7 Å². The number of carbonyl (C=O) groups excluding carboxylic acids is 2. The number of hydrogen-bond donors (Lipinski definition) is 1. The Morgan fingerprint density at radius 2 is 2.13 bits per heavy atom. The van der Waals surface area contributed by atoms with Crippen LogP contribution in [0.3, 0.4) is 0 Å². The van der Waals surface area contributed by atoms with E-state index in [1.54, 1.807) is 26.8 Å². The lowest BCUT2D eigenvalue weighted by Crippen LogP contribution is -2.31. The highest BCUT2D eigenvalue weighted by Crippen LogP contribution is 2.07. The van der Waals surface area contributed by atoms with E-state index in [2.05, 4.69) is 5.32 Å². The second-order valence-electron chi connectivity index (χ2n) is 3.74. The smallest absolute Gasteiger partial charge is 0.287 e. The molecule has 1 aromatic heterocycles. The van der Waals surface area contributed by atoms with Crippen LogP contribution in [0.2, 0.25) is 0 Å². The maximum Gasteiger partial charge on any atom is 0.287 e.